The lowest BCUT2D eigenvalue weighted by Gasteiger charge is -2.08. The molecular formula is C9H16N4O2S2. The summed E-state index contributed by atoms with van der Waals surface area (Å²) in [6.07, 6.45) is 0. The number of rotatable bonds is 6. The van der Waals surface area contributed by atoms with Crippen LogP contribution in [0, 0.1) is 0 Å². The van der Waals surface area contributed by atoms with E-state index in [2.05, 4.69) is 10.2 Å². The number of carbonyl (C=O) groups excluding carboxylic acids is 1. The maximum absolute atomic E-state index is 11.3. The van der Waals surface area contributed by atoms with E-state index in [1.807, 2.05) is 19.0 Å². The lowest BCUT2D eigenvalue weighted by molar-refractivity contribution is -0.144. The van der Waals surface area contributed by atoms with Crippen LogP contribution in [0.1, 0.15) is 6.92 Å². The molecule has 1 atom stereocenters. The number of ether oxygens (including phenoxy) is 1. The average Bonchev–Trinajstić information content (AvgIpc) is 2.75. The second-order valence-electron chi connectivity index (χ2n) is 3.41. The van der Waals surface area contributed by atoms with Crippen LogP contribution >= 0.6 is 23.1 Å². The number of nitrogens with two attached hydrogens (primary N) is 1. The third-order valence-corrected chi connectivity index (χ3v) is 4.10. The Hall–Kier alpha value is -0.860. The molecule has 0 aliphatic rings. The molecular weight excluding hydrogens is 260 g/mol. The molecule has 17 heavy (non-hydrogen) atoms. The van der Waals surface area contributed by atoms with Crippen LogP contribution in [0.2, 0.25) is 0 Å². The SMILES string of the molecule is CCOC(=O)C(N)CSc1nnc(N(C)C)s1. The van der Waals surface area contributed by atoms with Gasteiger partial charge in [0.25, 0.3) is 0 Å². The van der Waals surface area contributed by atoms with Crippen molar-refractivity contribution >= 4 is 34.2 Å². The van der Waals surface area contributed by atoms with E-state index in [-0.39, 0.29) is 5.97 Å². The number of esters is 1. The molecule has 0 aromatic carbocycles. The van der Waals surface area contributed by atoms with E-state index in [4.69, 9.17) is 10.5 Å². The third kappa shape index (κ3) is 4.49. The Kier molecular flexibility index (Phi) is 5.66. The van der Waals surface area contributed by atoms with Crippen LogP contribution in [0.15, 0.2) is 4.34 Å². The first-order valence-electron chi connectivity index (χ1n) is 5.10. The minimum Gasteiger partial charge on any atom is -0.465 e. The first kappa shape index (κ1) is 14.2. The summed E-state index contributed by atoms with van der Waals surface area (Å²) in [7, 11) is 3.80. The molecule has 1 unspecified atom stereocenters. The summed E-state index contributed by atoms with van der Waals surface area (Å²) >= 11 is 2.88. The topological polar surface area (TPSA) is 81.3 Å². The first-order valence-corrected chi connectivity index (χ1v) is 6.90. The normalized spacial score (nSPS) is 12.2. The molecule has 1 aromatic rings. The Balaban J connectivity index is 2.41. The van der Waals surface area contributed by atoms with E-state index in [0.717, 1.165) is 9.47 Å². The number of hydrogen-bond acceptors (Lipinski definition) is 8. The van der Waals surface area contributed by atoms with Crippen molar-refractivity contribution in [3.05, 3.63) is 0 Å². The van der Waals surface area contributed by atoms with Crippen molar-refractivity contribution in [2.75, 3.05) is 31.4 Å². The summed E-state index contributed by atoms with van der Waals surface area (Å²) in [5, 5.41) is 8.82. The maximum Gasteiger partial charge on any atom is 0.323 e. The number of anilines is 1. The van der Waals surface area contributed by atoms with Crippen molar-refractivity contribution in [2.24, 2.45) is 5.73 Å². The third-order valence-electron chi connectivity index (χ3n) is 1.75. The highest BCUT2D eigenvalue weighted by Gasteiger charge is 2.16. The fourth-order valence-corrected chi connectivity index (χ4v) is 2.64. The summed E-state index contributed by atoms with van der Waals surface area (Å²) in [5.41, 5.74) is 5.67. The Labute approximate surface area is 109 Å². The van der Waals surface area contributed by atoms with Gasteiger partial charge in [0.2, 0.25) is 5.13 Å². The summed E-state index contributed by atoms with van der Waals surface area (Å²) in [6, 6.07) is -0.619. The molecule has 1 aromatic heterocycles. The Morgan fingerprint density at radius 1 is 1.59 bits per heavy atom. The zero-order valence-electron chi connectivity index (χ0n) is 10.0. The Morgan fingerprint density at radius 3 is 2.82 bits per heavy atom. The van der Waals surface area contributed by atoms with Crippen LogP contribution in [0.5, 0.6) is 0 Å². The number of thioether (sulfide) groups is 1. The van der Waals surface area contributed by atoms with E-state index < -0.39 is 6.04 Å². The predicted octanol–water partition coefficient (Wildman–Crippen LogP) is 0.587. The van der Waals surface area contributed by atoms with Crippen molar-refractivity contribution in [1.29, 1.82) is 0 Å². The fourth-order valence-electron chi connectivity index (χ4n) is 0.920. The zero-order chi connectivity index (χ0) is 12.8. The van der Waals surface area contributed by atoms with Gasteiger partial charge in [-0.05, 0) is 6.92 Å². The van der Waals surface area contributed by atoms with E-state index in [9.17, 15) is 4.79 Å². The molecule has 0 saturated carbocycles. The smallest absolute Gasteiger partial charge is 0.323 e. The molecule has 0 aliphatic heterocycles. The van der Waals surface area contributed by atoms with Gasteiger partial charge >= 0.3 is 5.97 Å². The predicted molar refractivity (Wildman–Crippen MR) is 69.6 cm³/mol. The second-order valence-corrected chi connectivity index (χ2v) is 5.64. The molecule has 0 bridgehead atoms. The molecule has 0 spiro atoms. The number of nitrogens with zero attached hydrogens (tertiary/aromatic N) is 3. The Morgan fingerprint density at radius 2 is 2.29 bits per heavy atom. The summed E-state index contributed by atoms with van der Waals surface area (Å²) < 4.78 is 5.62. The van der Waals surface area contributed by atoms with Gasteiger partial charge in [-0.25, -0.2) is 0 Å². The van der Waals surface area contributed by atoms with Crippen molar-refractivity contribution in [2.45, 2.75) is 17.3 Å². The highest BCUT2D eigenvalue weighted by molar-refractivity contribution is 8.01. The van der Waals surface area contributed by atoms with Gasteiger partial charge in [-0.1, -0.05) is 23.1 Å². The molecule has 8 heteroatoms. The van der Waals surface area contributed by atoms with Gasteiger partial charge in [-0.3, -0.25) is 4.79 Å². The molecule has 0 amide bonds. The van der Waals surface area contributed by atoms with Crippen LogP contribution in [-0.4, -0.2) is 48.7 Å². The number of aromatic nitrogens is 2. The molecule has 1 rings (SSSR count). The van der Waals surface area contributed by atoms with Gasteiger partial charge in [-0.2, -0.15) is 0 Å². The highest BCUT2D eigenvalue weighted by atomic mass is 32.2. The lowest BCUT2D eigenvalue weighted by atomic mass is 10.4. The Bertz CT molecular complexity index is 370. The minimum absolute atomic E-state index is 0.348. The molecule has 0 aliphatic carbocycles. The standard InChI is InChI=1S/C9H16N4O2S2/c1-4-15-7(14)6(10)5-16-9-12-11-8(17-9)13(2)3/h6H,4-5,10H2,1-3H3. The second kappa shape index (κ2) is 6.77. The van der Waals surface area contributed by atoms with Crippen molar-refractivity contribution in [1.82, 2.24) is 10.2 Å². The fraction of sp³-hybridized carbons (Fsp3) is 0.667. The van der Waals surface area contributed by atoms with Gasteiger partial charge in [0, 0.05) is 19.8 Å². The average molecular weight is 276 g/mol. The molecule has 6 nitrogen and oxygen atoms in total. The zero-order valence-corrected chi connectivity index (χ0v) is 11.7. The van der Waals surface area contributed by atoms with Crippen molar-refractivity contribution < 1.29 is 9.53 Å². The van der Waals surface area contributed by atoms with E-state index in [1.165, 1.54) is 23.1 Å². The maximum atomic E-state index is 11.3. The van der Waals surface area contributed by atoms with Crippen LogP contribution in [0.25, 0.3) is 0 Å². The van der Waals surface area contributed by atoms with Gasteiger partial charge in [0.1, 0.15) is 6.04 Å². The molecule has 0 fully saturated rings. The molecule has 0 radical (unpaired) electrons. The minimum atomic E-state index is -0.619. The number of carbonyl (C=O) groups is 1. The lowest BCUT2D eigenvalue weighted by Crippen LogP contribution is -2.34. The van der Waals surface area contributed by atoms with Gasteiger partial charge in [0.05, 0.1) is 6.61 Å². The molecule has 2 N–H and O–H groups in total. The van der Waals surface area contributed by atoms with E-state index in [1.54, 1.807) is 6.92 Å². The summed E-state index contributed by atoms with van der Waals surface area (Å²) in [5.74, 6) is 0.0679. The monoisotopic (exact) mass is 276 g/mol. The largest absolute Gasteiger partial charge is 0.465 e. The van der Waals surface area contributed by atoms with Crippen molar-refractivity contribution in [3.63, 3.8) is 0 Å². The van der Waals surface area contributed by atoms with Crippen LogP contribution in [0.4, 0.5) is 5.13 Å². The summed E-state index contributed by atoms with van der Waals surface area (Å²) in [4.78, 5) is 13.2. The first-order chi connectivity index (χ1) is 8.04. The molecule has 96 valence electrons. The van der Waals surface area contributed by atoms with Crippen LogP contribution in [0.3, 0.4) is 0 Å². The molecule has 0 saturated heterocycles. The van der Waals surface area contributed by atoms with Crippen molar-refractivity contribution in [3.8, 4) is 0 Å². The van der Waals surface area contributed by atoms with E-state index in [0.29, 0.717) is 12.4 Å². The number of hydrogen-bond donors (Lipinski definition) is 1. The summed E-state index contributed by atoms with van der Waals surface area (Å²) in [6.45, 7) is 2.10. The van der Waals surface area contributed by atoms with Gasteiger partial charge in [0.15, 0.2) is 4.34 Å². The molecule has 1 heterocycles. The van der Waals surface area contributed by atoms with Crippen LogP contribution < -0.4 is 10.6 Å². The quantitative estimate of drug-likeness (QED) is 0.601. The van der Waals surface area contributed by atoms with Gasteiger partial charge < -0.3 is 15.4 Å². The van der Waals surface area contributed by atoms with E-state index >= 15 is 0 Å². The highest BCUT2D eigenvalue weighted by Crippen LogP contribution is 2.26. The van der Waals surface area contributed by atoms with Gasteiger partial charge in [-0.15, -0.1) is 10.2 Å². The van der Waals surface area contributed by atoms with Crippen LogP contribution in [-0.2, 0) is 9.53 Å².